The molecule has 36 heavy (non-hydrogen) atoms. The van der Waals surface area contributed by atoms with Crippen LogP contribution in [0.4, 0.5) is 0 Å². The van der Waals surface area contributed by atoms with Gasteiger partial charge in [-0.3, -0.25) is 0 Å². The Hall–Kier alpha value is -2.82. The Kier molecular flexibility index (Phi) is 10.8. The van der Waals surface area contributed by atoms with Crippen LogP contribution in [0.3, 0.4) is 0 Å². The third-order valence-electron chi connectivity index (χ3n) is 6.72. The van der Waals surface area contributed by atoms with Gasteiger partial charge in [0.1, 0.15) is 11.5 Å². The first-order valence-electron chi connectivity index (χ1n) is 13.2. The third kappa shape index (κ3) is 8.69. The number of ether oxygens (including phenoxy) is 4. The van der Waals surface area contributed by atoms with Crippen molar-refractivity contribution < 1.29 is 18.9 Å². The SMILES string of the molecule is CCC(C)c1ccc(OC(C)OCc2ccc(COC(C)Oc3ccc(C(C)CC)cc3)cc2)cc1. The highest BCUT2D eigenvalue weighted by Gasteiger charge is 2.09. The van der Waals surface area contributed by atoms with E-state index >= 15 is 0 Å². The maximum Gasteiger partial charge on any atom is 0.197 e. The van der Waals surface area contributed by atoms with Crippen LogP contribution in [0.1, 0.15) is 88.5 Å². The van der Waals surface area contributed by atoms with Crippen LogP contribution >= 0.6 is 0 Å². The standard InChI is InChI=1S/C32H42O4/c1-7-23(3)29-13-17-31(18-14-29)35-25(5)33-21-27-9-11-28(12-10-27)22-34-26(6)36-32-19-15-30(16-20-32)24(4)8-2/h9-20,23-26H,7-8,21-22H2,1-6H3. The van der Waals surface area contributed by atoms with Gasteiger partial charge in [-0.15, -0.1) is 0 Å². The first-order chi connectivity index (χ1) is 17.4. The predicted molar refractivity (Wildman–Crippen MR) is 146 cm³/mol. The summed E-state index contributed by atoms with van der Waals surface area (Å²) in [7, 11) is 0. The van der Waals surface area contributed by atoms with E-state index in [0.717, 1.165) is 35.5 Å². The van der Waals surface area contributed by atoms with Crippen molar-refractivity contribution in [3.05, 3.63) is 95.1 Å². The van der Waals surface area contributed by atoms with Gasteiger partial charge in [-0.25, -0.2) is 0 Å². The summed E-state index contributed by atoms with van der Waals surface area (Å²) in [5.41, 5.74) is 4.84. The lowest BCUT2D eigenvalue weighted by atomic mass is 9.99. The van der Waals surface area contributed by atoms with Crippen LogP contribution in [0, 0.1) is 0 Å². The average Bonchev–Trinajstić information content (AvgIpc) is 2.91. The van der Waals surface area contributed by atoms with Gasteiger partial charge >= 0.3 is 0 Å². The molecule has 0 fully saturated rings. The van der Waals surface area contributed by atoms with Gasteiger partial charge in [-0.05, 0) is 85.0 Å². The topological polar surface area (TPSA) is 36.9 Å². The minimum absolute atomic E-state index is 0.334. The predicted octanol–water partition coefficient (Wildman–Crippen LogP) is 8.60. The maximum absolute atomic E-state index is 5.91. The lowest BCUT2D eigenvalue weighted by Gasteiger charge is -2.17. The molecule has 0 aromatic heterocycles. The first kappa shape index (κ1) is 27.8. The molecule has 0 saturated carbocycles. The van der Waals surface area contributed by atoms with E-state index in [1.807, 2.05) is 38.1 Å². The summed E-state index contributed by atoms with van der Waals surface area (Å²) in [4.78, 5) is 0. The van der Waals surface area contributed by atoms with Gasteiger partial charge in [0.15, 0.2) is 12.6 Å². The Morgan fingerprint density at radius 2 is 0.833 bits per heavy atom. The molecule has 3 aromatic rings. The van der Waals surface area contributed by atoms with E-state index in [2.05, 4.69) is 76.2 Å². The van der Waals surface area contributed by atoms with Crippen molar-refractivity contribution in [1.82, 2.24) is 0 Å². The number of rotatable bonds is 14. The second-order valence-electron chi connectivity index (χ2n) is 9.57. The zero-order valence-electron chi connectivity index (χ0n) is 22.7. The zero-order chi connectivity index (χ0) is 25.9. The van der Waals surface area contributed by atoms with E-state index in [4.69, 9.17) is 18.9 Å². The Labute approximate surface area is 217 Å². The number of benzene rings is 3. The lowest BCUT2D eigenvalue weighted by molar-refractivity contribution is -0.0769. The van der Waals surface area contributed by atoms with Crippen LogP contribution in [0.25, 0.3) is 0 Å². The minimum atomic E-state index is -0.334. The van der Waals surface area contributed by atoms with Gasteiger partial charge in [0.05, 0.1) is 13.2 Å². The van der Waals surface area contributed by atoms with Crippen LogP contribution in [0.5, 0.6) is 11.5 Å². The molecule has 0 aliphatic rings. The fraction of sp³-hybridized carbons (Fsp3) is 0.438. The fourth-order valence-corrected chi connectivity index (χ4v) is 3.83. The Morgan fingerprint density at radius 3 is 1.14 bits per heavy atom. The van der Waals surface area contributed by atoms with Crippen molar-refractivity contribution in [1.29, 1.82) is 0 Å². The van der Waals surface area contributed by atoms with Gasteiger partial charge in [-0.2, -0.15) is 0 Å². The molecule has 0 saturated heterocycles. The highest BCUT2D eigenvalue weighted by molar-refractivity contribution is 5.30. The molecule has 0 radical (unpaired) electrons. The molecule has 0 aliphatic carbocycles. The zero-order valence-corrected chi connectivity index (χ0v) is 22.7. The molecule has 3 rings (SSSR count). The Balaban J connectivity index is 1.39. The number of hydrogen-bond donors (Lipinski definition) is 0. The molecule has 0 N–H and O–H groups in total. The van der Waals surface area contributed by atoms with Crippen molar-refractivity contribution in [2.75, 3.05) is 0 Å². The van der Waals surface area contributed by atoms with Crippen LogP contribution in [0.15, 0.2) is 72.8 Å². The van der Waals surface area contributed by atoms with Gasteiger partial charge in [0, 0.05) is 0 Å². The summed E-state index contributed by atoms with van der Waals surface area (Å²) >= 11 is 0. The van der Waals surface area contributed by atoms with Crippen molar-refractivity contribution in [2.24, 2.45) is 0 Å². The highest BCUT2D eigenvalue weighted by atomic mass is 16.7. The van der Waals surface area contributed by atoms with Crippen molar-refractivity contribution in [2.45, 2.75) is 92.0 Å². The van der Waals surface area contributed by atoms with Crippen molar-refractivity contribution >= 4 is 0 Å². The molecule has 0 spiro atoms. The molecule has 4 heteroatoms. The van der Waals surface area contributed by atoms with E-state index in [-0.39, 0.29) is 12.6 Å². The molecule has 4 unspecified atom stereocenters. The van der Waals surface area contributed by atoms with Crippen molar-refractivity contribution in [3.63, 3.8) is 0 Å². The quantitative estimate of drug-likeness (QED) is 0.212. The molecule has 4 nitrogen and oxygen atoms in total. The van der Waals surface area contributed by atoms with Crippen LogP contribution < -0.4 is 9.47 Å². The van der Waals surface area contributed by atoms with E-state index in [1.54, 1.807) is 0 Å². The lowest BCUT2D eigenvalue weighted by Crippen LogP contribution is -2.16. The summed E-state index contributed by atoms with van der Waals surface area (Å²) in [6.07, 6.45) is 1.59. The molecule has 0 heterocycles. The maximum atomic E-state index is 5.91. The van der Waals surface area contributed by atoms with Gasteiger partial charge in [0.2, 0.25) is 0 Å². The van der Waals surface area contributed by atoms with E-state index in [1.165, 1.54) is 11.1 Å². The Morgan fingerprint density at radius 1 is 0.500 bits per heavy atom. The third-order valence-corrected chi connectivity index (χ3v) is 6.72. The molecule has 0 bridgehead atoms. The van der Waals surface area contributed by atoms with Crippen LogP contribution in [0.2, 0.25) is 0 Å². The molecule has 0 aliphatic heterocycles. The fourth-order valence-electron chi connectivity index (χ4n) is 3.83. The molecule has 3 aromatic carbocycles. The second-order valence-corrected chi connectivity index (χ2v) is 9.57. The van der Waals surface area contributed by atoms with E-state index < -0.39 is 0 Å². The molecule has 4 atom stereocenters. The summed E-state index contributed by atoms with van der Waals surface area (Å²) < 4.78 is 23.6. The second kappa shape index (κ2) is 14.1. The van der Waals surface area contributed by atoms with E-state index in [9.17, 15) is 0 Å². The smallest absolute Gasteiger partial charge is 0.197 e. The molecule has 0 amide bonds. The number of hydrogen-bond acceptors (Lipinski definition) is 4. The largest absolute Gasteiger partial charge is 0.465 e. The van der Waals surface area contributed by atoms with E-state index in [0.29, 0.717) is 25.0 Å². The summed E-state index contributed by atoms with van der Waals surface area (Å²) in [5.74, 6) is 2.77. The van der Waals surface area contributed by atoms with Gasteiger partial charge in [0.25, 0.3) is 0 Å². The summed E-state index contributed by atoms with van der Waals surface area (Å²) in [6.45, 7) is 13.7. The van der Waals surface area contributed by atoms with Crippen LogP contribution in [-0.4, -0.2) is 12.6 Å². The van der Waals surface area contributed by atoms with Crippen molar-refractivity contribution in [3.8, 4) is 11.5 Å². The normalized spacial score (nSPS) is 14.6. The Bertz CT molecular complexity index is 927. The van der Waals surface area contributed by atoms with Gasteiger partial charge < -0.3 is 18.9 Å². The van der Waals surface area contributed by atoms with Gasteiger partial charge in [-0.1, -0.05) is 76.2 Å². The minimum Gasteiger partial charge on any atom is -0.465 e. The highest BCUT2D eigenvalue weighted by Crippen LogP contribution is 2.23. The summed E-state index contributed by atoms with van der Waals surface area (Å²) in [6, 6.07) is 24.8. The van der Waals surface area contributed by atoms with Crippen LogP contribution in [-0.2, 0) is 22.7 Å². The average molecular weight is 491 g/mol. The molecular weight excluding hydrogens is 448 g/mol. The molecule has 194 valence electrons. The first-order valence-corrected chi connectivity index (χ1v) is 13.2. The molecular formula is C32H42O4. The monoisotopic (exact) mass is 490 g/mol. The summed E-state index contributed by atoms with van der Waals surface area (Å²) in [5, 5.41) is 0.